The Kier molecular flexibility index (Phi) is 4.86. The van der Waals surface area contributed by atoms with Crippen LogP contribution in [-0.2, 0) is 9.47 Å². The van der Waals surface area contributed by atoms with Crippen molar-refractivity contribution in [2.24, 2.45) is 0 Å². The van der Waals surface area contributed by atoms with E-state index >= 15 is 0 Å². The SMILES string of the molecule is CCOC(=O)c1cnccc1NC(=O)OC(C)(C)C. The number of anilines is 1. The highest BCUT2D eigenvalue weighted by molar-refractivity contribution is 5.99. The van der Waals surface area contributed by atoms with Gasteiger partial charge in [-0.1, -0.05) is 0 Å². The van der Waals surface area contributed by atoms with Gasteiger partial charge in [-0.3, -0.25) is 10.3 Å². The molecular formula is C13H18N2O4. The number of nitrogens with zero attached hydrogens (tertiary/aromatic N) is 1. The van der Waals surface area contributed by atoms with Gasteiger partial charge in [-0.2, -0.15) is 0 Å². The Labute approximate surface area is 112 Å². The summed E-state index contributed by atoms with van der Waals surface area (Å²) < 4.78 is 9.99. The molecule has 0 unspecified atom stereocenters. The molecule has 0 spiro atoms. The fraction of sp³-hybridized carbons (Fsp3) is 0.462. The van der Waals surface area contributed by atoms with Crippen LogP contribution in [0, 0.1) is 0 Å². The summed E-state index contributed by atoms with van der Waals surface area (Å²) in [6, 6.07) is 1.51. The smallest absolute Gasteiger partial charge is 0.412 e. The van der Waals surface area contributed by atoms with E-state index in [4.69, 9.17) is 9.47 Å². The van der Waals surface area contributed by atoms with Gasteiger partial charge in [-0.15, -0.1) is 0 Å². The van der Waals surface area contributed by atoms with Crippen molar-refractivity contribution in [2.75, 3.05) is 11.9 Å². The predicted octanol–water partition coefficient (Wildman–Crippen LogP) is 2.61. The van der Waals surface area contributed by atoms with E-state index in [1.807, 2.05) is 0 Å². The van der Waals surface area contributed by atoms with Crippen LogP contribution in [0.15, 0.2) is 18.5 Å². The molecule has 1 heterocycles. The molecule has 0 radical (unpaired) electrons. The van der Waals surface area contributed by atoms with Crippen molar-refractivity contribution in [3.63, 3.8) is 0 Å². The summed E-state index contributed by atoms with van der Waals surface area (Å²) >= 11 is 0. The minimum absolute atomic E-state index is 0.190. The Morgan fingerprint density at radius 3 is 2.63 bits per heavy atom. The number of aromatic nitrogens is 1. The van der Waals surface area contributed by atoms with Crippen LogP contribution in [0.2, 0.25) is 0 Å². The number of amides is 1. The van der Waals surface area contributed by atoms with Crippen LogP contribution in [0.3, 0.4) is 0 Å². The number of carbonyl (C=O) groups excluding carboxylic acids is 2. The van der Waals surface area contributed by atoms with Gasteiger partial charge >= 0.3 is 12.1 Å². The van der Waals surface area contributed by atoms with Gasteiger partial charge in [0.2, 0.25) is 0 Å². The fourth-order valence-electron chi connectivity index (χ4n) is 1.29. The summed E-state index contributed by atoms with van der Waals surface area (Å²) in [7, 11) is 0. The lowest BCUT2D eigenvalue weighted by molar-refractivity contribution is 0.0527. The van der Waals surface area contributed by atoms with Crippen molar-refractivity contribution in [3.05, 3.63) is 24.0 Å². The molecule has 0 aliphatic rings. The first-order chi connectivity index (χ1) is 8.83. The average molecular weight is 266 g/mol. The van der Waals surface area contributed by atoms with Gasteiger partial charge in [0, 0.05) is 12.4 Å². The summed E-state index contributed by atoms with van der Waals surface area (Å²) in [6.45, 7) is 7.22. The molecule has 0 aliphatic heterocycles. The first-order valence-electron chi connectivity index (χ1n) is 5.94. The maximum Gasteiger partial charge on any atom is 0.412 e. The van der Waals surface area contributed by atoms with Crippen LogP contribution in [0.25, 0.3) is 0 Å². The van der Waals surface area contributed by atoms with E-state index in [0.29, 0.717) is 5.69 Å². The van der Waals surface area contributed by atoms with Gasteiger partial charge in [0.05, 0.1) is 12.3 Å². The molecule has 0 aromatic carbocycles. The van der Waals surface area contributed by atoms with E-state index in [-0.39, 0.29) is 12.2 Å². The van der Waals surface area contributed by atoms with E-state index in [9.17, 15) is 9.59 Å². The van der Waals surface area contributed by atoms with Crippen LogP contribution < -0.4 is 5.32 Å². The molecule has 1 amide bonds. The van der Waals surface area contributed by atoms with Crippen LogP contribution in [0.5, 0.6) is 0 Å². The van der Waals surface area contributed by atoms with Gasteiger partial charge in [-0.05, 0) is 33.8 Å². The van der Waals surface area contributed by atoms with Crippen LogP contribution in [0.1, 0.15) is 38.1 Å². The molecule has 1 rings (SSSR count). The predicted molar refractivity (Wildman–Crippen MR) is 70.1 cm³/mol. The van der Waals surface area contributed by atoms with Crippen molar-refractivity contribution in [3.8, 4) is 0 Å². The lowest BCUT2D eigenvalue weighted by atomic mass is 10.2. The summed E-state index contributed by atoms with van der Waals surface area (Å²) in [5.41, 5.74) is -0.112. The molecule has 0 atom stereocenters. The second kappa shape index (κ2) is 6.17. The monoisotopic (exact) mass is 266 g/mol. The molecule has 0 bridgehead atoms. The van der Waals surface area contributed by atoms with Gasteiger partial charge < -0.3 is 9.47 Å². The highest BCUT2D eigenvalue weighted by Gasteiger charge is 2.19. The second-order valence-electron chi connectivity index (χ2n) is 4.77. The average Bonchev–Trinajstić information content (AvgIpc) is 2.27. The van der Waals surface area contributed by atoms with Crippen molar-refractivity contribution in [2.45, 2.75) is 33.3 Å². The van der Waals surface area contributed by atoms with Crippen LogP contribution in [0.4, 0.5) is 10.5 Å². The molecule has 6 nitrogen and oxygen atoms in total. The van der Waals surface area contributed by atoms with Crippen LogP contribution in [-0.4, -0.2) is 29.3 Å². The Morgan fingerprint density at radius 2 is 2.05 bits per heavy atom. The van der Waals surface area contributed by atoms with E-state index in [1.54, 1.807) is 27.7 Å². The number of rotatable bonds is 3. The van der Waals surface area contributed by atoms with E-state index in [2.05, 4.69) is 10.3 Å². The van der Waals surface area contributed by atoms with Crippen molar-refractivity contribution < 1.29 is 19.1 Å². The maximum absolute atomic E-state index is 11.7. The molecule has 0 fully saturated rings. The highest BCUT2D eigenvalue weighted by atomic mass is 16.6. The standard InChI is InChI=1S/C13H18N2O4/c1-5-18-11(16)9-8-14-7-6-10(9)15-12(17)19-13(2,3)4/h6-8H,5H2,1-4H3,(H,14,15,17). The molecule has 104 valence electrons. The minimum Gasteiger partial charge on any atom is -0.462 e. The van der Waals surface area contributed by atoms with Gasteiger partial charge in [0.15, 0.2) is 0 Å². The molecule has 19 heavy (non-hydrogen) atoms. The third kappa shape index (κ3) is 4.95. The first-order valence-corrected chi connectivity index (χ1v) is 5.94. The van der Waals surface area contributed by atoms with E-state index < -0.39 is 17.7 Å². The number of hydrogen-bond acceptors (Lipinski definition) is 5. The zero-order valence-electron chi connectivity index (χ0n) is 11.5. The van der Waals surface area contributed by atoms with Crippen molar-refractivity contribution in [1.29, 1.82) is 0 Å². The Bertz CT molecular complexity index is 466. The molecule has 1 aromatic heterocycles. The summed E-state index contributed by atoms with van der Waals surface area (Å²) in [5, 5.41) is 2.50. The van der Waals surface area contributed by atoms with Crippen molar-refractivity contribution >= 4 is 17.7 Å². The number of carbonyl (C=O) groups is 2. The number of pyridine rings is 1. The number of ether oxygens (including phenoxy) is 2. The third-order valence-electron chi connectivity index (χ3n) is 1.95. The normalized spacial score (nSPS) is 10.7. The zero-order chi connectivity index (χ0) is 14.5. The zero-order valence-corrected chi connectivity index (χ0v) is 11.5. The van der Waals surface area contributed by atoms with Crippen LogP contribution >= 0.6 is 0 Å². The first kappa shape index (κ1) is 14.9. The number of esters is 1. The highest BCUT2D eigenvalue weighted by Crippen LogP contribution is 2.16. The molecule has 0 saturated heterocycles. The van der Waals surface area contributed by atoms with E-state index in [0.717, 1.165) is 0 Å². The molecule has 1 N–H and O–H groups in total. The quantitative estimate of drug-likeness (QED) is 0.851. The fourth-order valence-corrected chi connectivity index (χ4v) is 1.29. The Hall–Kier alpha value is -2.11. The van der Waals surface area contributed by atoms with Crippen molar-refractivity contribution in [1.82, 2.24) is 4.98 Å². The lowest BCUT2D eigenvalue weighted by Crippen LogP contribution is -2.27. The van der Waals surface area contributed by atoms with Gasteiger partial charge in [0.1, 0.15) is 11.2 Å². The number of nitrogens with one attached hydrogen (secondary N) is 1. The largest absolute Gasteiger partial charge is 0.462 e. The van der Waals surface area contributed by atoms with Gasteiger partial charge in [-0.25, -0.2) is 9.59 Å². The van der Waals surface area contributed by atoms with Gasteiger partial charge in [0.25, 0.3) is 0 Å². The molecular weight excluding hydrogens is 248 g/mol. The Morgan fingerprint density at radius 1 is 1.37 bits per heavy atom. The molecule has 0 saturated carbocycles. The number of hydrogen-bond donors (Lipinski definition) is 1. The third-order valence-corrected chi connectivity index (χ3v) is 1.95. The maximum atomic E-state index is 11.7. The second-order valence-corrected chi connectivity index (χ2v) is 4.77. The molecule has 0 aliphatic carbocycles. The summed E-state index contributed by atoms with van der Waals surface area (Å²) in [6.07, 6.45) is 2.17. The molecule has 6 heteroatoms. The van der Waals surface area contributed by atoms with E-state index in [1.165, 1.54) is 18.5 Å². The summed E-state index contributed by atoms with van der Waals surface area (Å²) in [4.78, 5) is 27.2. The molecule has 1 aromatic rings. The topological polar surface area (TPSA) is 77.5 Å². The lowest BCUT2D eigenvalue weighted by Gasteiger charge is -2.20. The minimum atomic E-state index is -0.635. The summed E-state index contributed by atoms with van der Waals surface area (Å²) in [5.74, 6) is -0.540. The Balaban J connectivity index is 2.84.